The lowest BCUT2D eigenvalue weighted by atomic mass is 9.95. The highest BCUT2D eigenvalue weighted by molar-refractivity contribution is 5.83. The summed E-state index contributed by atoms with van der Waals surface area (Å²) in [6.45, 7) is -0.720. The van der Waals surface area contributed by atoms with E-state index in [1.54, 1.807) is 0 Å². The average Bonchev–Trinajstić information content (AvgIpc) is 2.38. The van der Waals surface area contributed by atoms with Crippen molar-refractivity contribution in [1.29, 1.82) is 0 Å². The Balaban J connectivity index is 2.33. The molecule has 0 saturated carbocycles. The van der Waals surface area contributed by atoms with Gasteiger partial charge in [0.1, 0.15) is 18.2 Å². The van der Waals surface area contributed by atoms with Crippen LogP contribution in [0.25, 0.3) is 0 Å². The summed E-state index contributed by atoms with van der Waals surface area (Å²) in [5.41, 5.74) is 5.36. The van der Waals surface area contributed by atoms with E-state index in [4.69, 9.17) is 20.3 Å². The highest BCUT2D eigenvalue weighted by atomic mass is 16.8. The number of esters is 2. The van der Waals surface area contributed by atoms with Gasteiger partial charge < -0.3 is 40.4 Å². The van der Waals surface area contributed by atoms with Crippen LogP contribution in [0.4, 0.5) is 0 Å². The lowest BCUT2D eigenvalue weighted by Gasteiger charge is -2.46. The van der Waals surface area contributed by atoms with Crippen LogP contribution in [0.3, 0.4) is 0 Å². The zero-order chi connectivity index (χ0) is 15.1. The van der Waals surface area contributed by atoms with E-state index in [0.717, 1.165) is 0 Å². The summed E-state index contributed by atoms with van der Waals surface area (Å²) < 4.78 is 14.3. The number of aliphatic hydroxyl groups excluding tert-OH is 3. The molecule has 0 spiro atoms. The summed E-state index contributed by atoms with van der Waals surface area (Å²) in [7, 11) is 0. The van der Waals surface area contributed by atoms with Gasteiger partial charge in [0.25, 0.3) is 6.29 Å². The zero-order valence-electron chi connectivity index (χ0n) is 10.2. The SMILES string of the molecule is NC1CC(=O)O[C@@]2(O)C(OC1=O)O[C@H](CO)[C@@H](O)[C@@H]2O. The molecule has 2 rings (SSSR count). The van der Waals surface area contributed by atoms with Gasteiger partial charge in [0, 0.05) is 0 Å². The molecule has 0 bridgehead atoms. The van der Waals surface area contributed by atoms with Crippen LogP contribution in [0.15, 0.2) is 0 Å². The molecule has 10 nitrogen and oxygen atoms in total. The first-order valence-corrected chi connectivity index (χ1v) is 5.82. The number of nitrogens with two attached hydrogens (primary N) is 1. The van der Waals surface area contributed by atoms with Gasteiger partial charge in [0.15, 0.2) is 6.10 Å². The van der Waals surface area contributed by atoms with Crippen LogP contribution in [0, 0.1) is 0 Å². The maximum atomic E-state index is 11.5. The zero-order valence-corrected chi connectivity index (χ0v) is 10.2. The second kappa shape index (κ2) is 5.24. The quantitative estimate of drug-likeness (QED) is 0.300. The second-order valence-corrected chi connectivity index (χ2v) is 4.60. The van der Waals surface area contributed by atoms with Crippen molar-refractivity contribution in [3.05, 3.63) is 0 Å². The Kier molecular flexibility index (Phi) is 3.95. The predicted octanol–water partition coefficient (Wildman–Crippen LogP) is -4.07. The molecule has 0 radical (unpaired) electrons. The Morgan fingerprint density at radius 2 is 2.00 bits per heavy atom. The third-order valence-electron chi connectivity index (χ3n) is 3.13. The monoisotopic (exact) mass is 293 g/mol. The Hall–Kier alpha value is -1.30. The van der Waals surface area contributed by atoms with Gasteiger partial charge in [-0.25, -0.2) is 0 Å². The molecule has 0 aromatic heterocycles. The maximum Gasteiger partial charge on any atom is 0.326 e. The lowest BCUT2D eigenvalue weighted by Crippen LogP contribution is -2.70. The molecule has 2 unspecified atom stereocenters. The molecule has 0 aromatic carbocycles. The van der Waals surface area contributed by atoms with Crippen molar-refractivity contribution in [2.24, 2.45) is 5.73 Å². The summed E-state index contributed by atoms with van der Waals surface area (Å²) in [6, 6.07) is -1.31. The van der Waals surface area contributed by atoms with Crippen LogP contribution >= 0.6 is 0 Å². The molecule has 0 amide bonds. The highest BCUT2D eigenvalue weighted by Crippen LogP contribution is 2.33. The number of hydrogen-bond donors (Lipinski definition) is 5. The van der Waals surface area contributed by atoms with E-state index in [1.165, 1.54) is 0 Å². The minimum atomic E-state index is -2.78. The topological polar surface area (TPSA) is 169 Å². The average molecular weight is 293 g/mol. The molecule has 2 fully saturated rings. The number of rotatable bonds is 1. The Bertz CT molecular complexity index is 416. The third-order valence-corrected chi connectivity index (χ3v) is 3.13. The van der Waals surface area contributed by atoms with Crippen molar-refractivity contribution in [2.45, 2.75) is 42.9 Å². The van der Waals surface area contributed by atoms with Crippen LogP contribution < -0.4 is 5.73 Å². The van der Waals surface area contributed by atoms with Crippen LogP contribution in [0.5, 0.6) is 0 Å². The molecule has 20 heavy (non-hydrogen) atoms. The maximum absolute atomic E-state index is 11.5. The van der Waals surface area contributed by atoms with Crippen molar-refractivity contribution in [2.75, 3.05) is 6.61 Å². The van der Waals surface area contributed by atoms with Crippen LogP contribution in [-0.2, 0) is 23.8 Å². The number of ether oxygens (including phenoxy) is 3. The van der Waals surface area contributed by atoms with E-state index < -0.39 is 61.4 Å². The van der Waals surface area contributed by atoms with Crippen LogP contribution in [0.1, 0.15) is 6.42 Å². The summed E-state index contributed by atoms with van der Waals surface area (Å²) in [5.74, 6) is -4.90. The molecule has 2 heterocycles. The highest BCUT2D eigenvalue weighted by Gasteiger charge is 2.60. The Morgan fingerprint density at radius 3 is 2.60 bits per heavy atom. The smallest absolute Gasteiger partial charge is 0.326 e. The number of carbonyl (C=O) groups excluding carboxylic acids is 2. The largest absolute Gasteiger partial charge is 0.427 e. The van der Waals surface area contributed by atoms with Gasteiger partial charge >= 0.3 is 17.7 Å². The number of hydrogen-bond acceptors (Lipinski definition) is 10. The van der Waals surface area contributed by atoms with Crippen molar-refractivity contribution >= 4 is 11.9 Å². The molecule has 114 valence electrons. The Labute approximate surface area is 112 Å². The molecule has 0 aromatic rings. The fourth-order valence-electron chi connectivity index (χ4n) is 1.98. The number of fused-ring (bicyclic) bond motifs is 1. The fourth-order valence-corrected chi connectivity index (χ4v) is 1.98. The molecule has 10 heteroatoms. The second-order valence-electron chi connectivity index (χ2n) is 4.60. The normalized spacial score (nSPS) is 45.8. The van der Waals surface area contributed by atoms with Crippen LogP contribution in [0.2, 0.25) is 0 Å². The summed E-state index contributed by atoms with van der Waals surface area (Å²) >= 11 is 0. The fraction of sp³-hybridized carbons (Fsp3) is 0.800. The third kappa shape index (κ3) is 2.37. The van der Waals surface area contributed by atoms with Gasteiger partial charge in [-0.05, 0) is 0 Å². The summed E-state index contributed by atoms with van der Waals surface area (Å²) in [5, 5.41) is 38.6. The van der Waals surface area contributed by atoms with E-state index in [0.29, 0.717) is 0 Å². The van der Waals surface area contributed by atoms with Gasteiger partial charge in [-0.1, -0.05) is 0 Å². The standard InChI is InChI=1S/C10H15NO9/c11-3-1-5(13)20-10(17)7(15)6(14)4(2-12)18-9(10)19-8(3)16/h3-4,6-7,9,12,14-15,17H,1-2,11H2/t3?,4-,6-,7+,9?,10-/m1/s1. The molecule has 2 aliphatic rings. The first kappa shape index (κ1) is 15.1. The van der Waals surface area contributed by atoms with Gasteiger partial charge in [-0.15, -0.1) is 0 Å². The molecule has 6 atom stereocenters. The van der Waals surface area contributed by atoms with E-state index >= 15 is 0 Å². The van der Waals surface area contributed by atoms with E-state index in [1.807, 2.05) is 0 Å². The van der Waals surface area contributed by atoms with E-state index in [2.05, 4.69) is 4.74 Å². The minimum Gasteiger partial charge on any atom is -0.427 e. The first-order valence-electron chi connectivity index (χ1n) is 5.82. The van der Waals surface area contributed by atoms with Crippen LogP contribution in [-0.4, -0.2) is 75.4 Å². The van der Waals surface area contributed by atoms with E-state index in [9.17, 15) is 24.9 Å². The minimum absolute atomic E-state index is 0.569. The molecule has 2 aliphatic heterocycles. The van der Waals surface area contributed by atoms with Gasteiger partial charge in [-0.3, -0.25) is 9.59 Å². The first-order chi connectivity index (χ1) is 9.29. The molecular formula is C10H15NO9. The number of carbonyl (C=O) groups is 2. The van der Waals surface area contributed by atoms with Gasteiger partial charge in [-0.2, -0.15) is 0 Å². The van der Waals surface area contributed by atoms with Crippen molar-refractivity contribution in [3.63, 3.8) is 0 Å². The predicted molar refractivity (Wildman–Crippen MR) is 57.5 cm³/mol. The van der Waals surface area contributed by atoms with Gasteiger partial charge in [0.05, 0.1) is 13.0 Å². The molecular weight excluding hydrogens is 278 g/mol. The lowest BCUT2D eigenvalue weighted by molar-refractivity contribution is -0.398. The molecule has 2 saturated heterocycles. The van der Waals surface area contributed by atoms with Crippen molar-refractivity contribution in [3.8, 4) is 0 Å². The van der Waals surface area contributed by atoms with E-state index in [-0.39, 0.29) is 0 Å². The summed E-state index contributed by atoms with van der Waals surface area (Å²) in [6.07, 6.45) is -7.61. The van der Waals surface area contributed by atoms with Crippen molar-refractivity contribution in [1.82, 2.24) is 0 Å². The van der Waals surface area contributed by atoms with Gasteiger partial charge in [0.2, 0.25) is 0 Å². The number of aliphatic hydroxyl groups is 4. The van der Waals surface area contributed by atoms with Crippen molar-refractivity contribution < 1.29 is 44.2 Å². The Morgan fingerprint density at radius 1 is 1.35 bits per heavy atom. The summed E-state index contributed by atoms with van der Waals surface area (Å²) in [4.78, 5) is 23.0. The molecule has 6 N–H and O–H groups in total. The molecule has 0 aliphatic carbocycles.